The first kappa shape index (κ1) is 11.5. The van der Waals surface area contributed by atoms with Gasteiger partial charge in [-0.05, 0) is 43.7 Å². The molecule has 1 unspecified atom stereocenters. The molecule has 2 rings (SSSR count). The molecular formula is C13H15ClO2. The second-order valence-corrected chi connectivity index (χ2v) is 4.45. The molecule has 0 aliphatic heterocycles. The van der Waals surface area contributed by atoms with Crippen molar-refractivity contribution in [2.45, 2.75) is 25.7 Å². The summed E-state index contributed by atoms with van der Waals surface area (Å²) < 4.78 is 5.15. The maximum absolute atomic E-state index is 12.1. The van der Waals surface area contributed by atoms with Crippen molar-refractivity contribution in [3.63, 3.8) is 0 Å². The third-order valence-corrected chi connectivity index (χ3v) is 3.24. The number of hydrogen-bond acceptors (Lipinski definition) is 2. The van der Waals surface area contributed by atoms with Gasteiger partial charge in [-0.2, -0.15) is 0 Å². The van der Waals surface area contributed by atoms with E-state index in [1.54, 1.807) is 12.1 Å². The summed E-state index contributed by atoms with van der Waals surface area (Å²) in [7, 11) is 0. The van der Waals surface area contributed by atoms with Crippen molar-refractivity contribution in [1.82, 2.24) is 0 Å². The van der Waals surface area contributed by atoms with E-state index in [-0.39, 0.29) is 5.78 Å². The van der Waals surface area contributed by atoms with Crippen molar-refractivity contribution < 1.29 is 9.21 Å². The minimum Gasteiger partial charge on any atom is -0.461 e. The van der Waals surface area contributed by atoms with Crippen LogP contribution >= 0.6 is 11.6 Å². The molecule has 1 aliphatic carbocycles. The van der Waals surface area contributed by atoms with Gasteiger partial charge < -0.3 is 4.42 Å². The smallest absolute Gasteiger partial charge is 0.224 e. The molecule has 1 aromatic rings. The van der Waals surface area contributed by atoms with Crippen molar-refractivity contribution in [3.8, 4) is 0 Å². The van der Waals surface area contributed by atoms with Crippen LogP contribution in [-0.2, 0) is 0 Å². The molecule has 1 aromatic heterocycles. The van der Waals surface area contributed by atoms with Crippen LogP contribution in [0.2, 0.25) is 0 Å². The lowest BCUT2D eigenvalue weighted by atomic mass is 9.83. The number of allylic oxidation sites excluding steroid dienone is 2. The highest BCUT2D eigenvalue weighted by molar-refractivity contribution is 6.18. The molecule has 2 nitrogen and oxygen atoms in total. The number of ketones is 1. The molecular weight excluding hydrogens is 224 g/mol. The molecule has 0 saturated heterocycles. The number of rotatable bonds is 4. The Bertz CT molecular complexity index is 379. The number of carbonyl (C=O) groups is 1. The topological polar surface area (TPSA) is 30.2 Å². The normalized spacial score (nSPS) is 20.6. The van der Waals surface area contributed by atoms with Gasteiger partial charge in [0.1, 0.15) is 0 Å². The first-order valence-corrected chi connectivity index (χ1v) is 6.20. The molecule has 0 bridgehead atoms. The highest BCUT2D eigenvalue weighted by atomic mass is 35.5. The molecule has 0 spiro atoms. The molecule has 0 amide bonds. The van der Waals surface area contributed by atoms with Gasteiger partial charge in [0, 0.05) is 11.5 Å². The zero-order valence-electron chi connectivity index (χ0n) is 9.12. The minimum absolute atomic E-state index is 0.0276. The monoisotopic (exact) mass is 238 g/mol. The number of hydrogen-bond donors (Lipinski definition) is 0. The van der Waals surface area contributed by atoms with Crippen molar-refractivity contribution >= 4 is 17.4 Å². The fraction of sp³-hybridized carbons (Fsp3) is 0.462. The third-order valence-electron chi connectivity index (χ3n) is 3.03. The SMILES string of the molecule is O=C(C1=CCCCC1CCCl)c1ccco1. The van der Waals surface area contributed by atoms with Crippen LogP contribution in [0.5, 0.6) is 0 Å². The van der Waals surface area contributed by atoms with Crippen molar-refractivity contribution in [1.29, 1.82) is 0 Å². The number of carbonyl (C=O) groups excluding carboxylic acids is 1. The maximum atomic E-state index is 12.1. The Morgan fingerprint density at radius 3 is 3.12 bits per heavy atom. The van der Waals surface area contributed by atoms with Crippen molar-refractivity contribution in [3.05, 3.63) is 35.8 Å². The molecule has 1 heterocycles. The predicted octanol–water partition coefficient (Wildman–Crippen LogP) is 3.82. The summed E-state index contributed by atoms with van der Waals surface area (Å²) in [6.45, 7) is 0. The number of halogens is 1. The largest absolute Gasteiger partial charge is 0.461 e. The lowest BCUT2D eigenvalue weighted by molar-refractivity contribution is 0.0988. The average Bonchev–Trinajstić information content (AvgIpc) is 2.83. The standard InChI is InChI=1S/C13H15ClO2/c14-8-7-10-4-1-2-5-11(10)13(15)12-6-3-9-16-12/h3,5-6,9-10H,1-2,4,7-8H2. The molecule has 1 atom stereocenters. The molecule has 0 aromatic carbocycles. The zero-order valence-corrected chi connectivity index (χ0v) is 9.87. The van der Waals surface area contributed by atoms with Gasteiger partial charge in [0.05, 0.1) is 6.26 Å². The molecule has 0 saturated carbocycles. The van der Waals surface area contributed by atoms with Crippen LogP contribution < -0.4 is 0 Å². The molecule has 3 heteroatoms. The van der Waals surface area contributed by atoms with Gasteiger partial charge in [-0.1, -0.05) is 6.08 Å². The fourth-order valence-corrected chi connectivity index (χ4v) is 2.47. The van der Waals surface area contributed by atoms with E-state index in [0.717, 1.165) is 31.3 Å². The first-order chi connectivity index (χ1) is 7.83. The molecule has 16 heavy (non-hydrogen) atoms. The average molecular weight is 239 g/mol. The van der Waals surface area contributed by atoms with E-state index in [9.17, 15) is 4.79 Å². The summed E-state index contributed by atoms with van der Waals surface area (Å²) >= 11 is 5.77. The second-order valence-electron chi connectivity index (χ2n) is 4.07. The Hall–Kier alpha value is -1.02. The minimum atomic E-state index is 0.0276. The first-order valence-electron chi connectivity index (χ1n) is 5.67. The van der Waals surface area contributed by atoms with Crippen LogP contribution in [0.4, 0.5) is 0 Å². The Kier molecular flexibility index (Phi) is 3.83. The van der Waals surface area contributed by atoms with E-state index in [1.165, 1.54) is 6.26 Å². The van der Waals surface area contributed by atoms with Crippen molar-refractivity contribution in [2.24, 2.45) is 5.92 Å². The van der Waals surface area contributed by atoms with Gasteiger partial charge in [-0.15, -0.1) is 11.6 Å². The maximum Gasteiger partial charge on any atom is 0.224 e. The molecule has 1 aliphatic rings. The highest BCUT2D eigenvalue weighted by Gasteiger charge is 2.25. The van der Waals surface area contributed by atoms with Crippen LogP contribution in [0, 0.1) is 5.92 Å². The Morgan fingerprint density at radius 1 is 1.56 bits per heavy atom. The van der Waals surface area contributed by atoms with Gasteiger partial charge in [0.2, 0.25) is 5.78 Å². The lowest BCUT2D eigenvalue weighted by Crippen LogP contribution is -2.17. The van der Waals surface area contributed by atoms with E-state index >= 15 is 0 Å². The van der Waals surface area contributed by atoms with Crippen LogP contribution in [0.25, 0.3) is 0 Å². The van der Waals surface area contributed by atoms with Crippen LogP contribution in [0.15, 0.2) is 34.5 Å². The van der Waals surface area contributed by atoms with Crippen molar-refractivity contribution in [2.75, 3.05) is 5.88 Å². The summed E-state index contributed by atoms with van der Waals surface area (Å²) in [6.07, 6.45) is 7.65. The summed E-state index contributed by atoms with van der Waals surface area (Å²) in [5, 5.41) is 0. The fourth-order valence-electron chi connectivity index (χ4n) is 2.20. The second kappa shape index (κ2) is 5.35. The zero-order chi connectivity index (χ0) is 11.4. The van der Waals surface area contributed by atoms with E-state index in [0.29, 0.717) is 17.6 Å². The van der Waals surface area contributed by atoms with E-state index in [4.69, 9.17) is 16.0 Å². The lowest BCUT2D eigenvalue weighted by Gasteiger charge is -2.21. The Balaban J connectivity index is 2.17. The van der Waals surface area contributed by atoms with Gasteiger partial charge in [0.15, 0.2) is 5.76 Å². The number of alkyl halides is 1. The Labute approximate surface area is 100 Å². The predicted molar refractivity (Wildman–Crippen MR) is 63.8 cm³/mol. The van der Waals surface area contributed by atoms with Gasteiger partial charge in [0.25, 0.3) is 0 Å². The number of furan rings is 1. The summed E-state index contributed by atoms with van der Waals surface area (Å²) in [6, 6.07) is 3.46. The van der Waals surface area contributed by atoms with E-state index in [2.05, 4.69) is 0 Å². The van der Waals surface area contributed by atoms with Crippen LogP contribution in [-0.4, -0.2) is 11.7 Å². The van der Waals surface area contributed by atoms with E-state index < -0.39 is 0 Å². The number of Topliss-reactive ketones (excluding diaryl/α,β-unsaturated/α-hetero) is 1. The Morgan fingerprint density at radius 2 is 2.44 bits per heavy atom. The molecule has 0 N–H and O–H groups in total. The van der Waals surface area contributed by atoms with Gasteiger partial charge in [-0.25, -0.2) is 0 Å². The summed E-state index contributed by atoms with van der Waals surface area (Å²) in [4.78, 5) is 12.1. The third kappa shape index (κ3) is 2.38. The summed E-state index contributed by atoms with van der Waals surface area (Å²) in [5.41, 5.74) is 0.891. The molecule has 86 valence electrons. The molecule has 0 fully saturated rings. The van der Waals surface area contributed by atoms with Gasteiger partial charge in [-0.3, -0.25) is 4.79 Å². The molecule has 0 radical (unpaired) electrons. The van der Waals surface area contributed by atoms with Crippen LogP contribution in [0.3, 0.4) is 0 Å². The van der Waals surface area contributed by atoms with Crippen LogP contribution in [0.1, 0.15) is 36.2 Å². The summed E-state index contributed by atoms with van der Waals surface area (Å²) in [5.74, 6) is 1.38. The van der Waals surface area contributed by atoms with E-state index in [1.807, 2.05) is 6.08 Å². The quantitative estimate of drug-likeness (QED) is 0.590. The van der Waals surface area contributed by atoms with Gasteiger partial charge >= 0.3 is 0 Å². The highest BCUT2D eigenvalue weighted by Crippen LogP contribution is 2.30.